The molecule has 1 aliphatic heterocycles. The van der Waals surface area contributed by atoms with E-state index < -0.39 is 6.10 Å². The highest BCUT2D eigenvalue weighted by atomic mass is 32.2. The lowest BCUT2D eigenvalue weighted by Gasteiger charge is -2.42. The number of hydrogen-bond donors (Lipinski definition) is 3. The third-order valence-corrected chi connectivity index (χ3v) is 8.65. The fourth-order valence-corrected chi connectivity index (χ4v) is 5.79. The van der Waals surface area contributed by atoms with Crippen molar-refractivity contribution in [3.8, 4) is 0 Å². The van der Waals surface area contributed by atoms with Gasteiger partial charge in [0.05, 0.1) is 17.7 Å². The topological polar surface area (TPSA) is 55.7 Å². The molecule has 1 heterocycles. The van der Waals surface area contributed by atoms with Gasteiger partial charge in [-0.25, -0.2) is 0 Å². The van der Waals surface area contributed by atoms with Crippen LogP contribution in [0.4, 0.5) is 0 Å². The van der Waals surface area contributed by atoms with Gasteiger partial charge >= 0.3 is 0 Å². The monoisotopic (exact) mass is 472 g/mol. The van der Waals surface area contributed by atoms with Gasteiger partial charge in [-0.05, 0) is 84.1 Å². The number of nitrogens with one attached hydrogen (secondary N) is 1. The second-order valence-corrected chi connectivity index (χ2v) is 12.1. The highest BCUT2D eigenvalue weighted by Crippen LogP contribution is 2.46. The van der Waals surface area contributed by atoms with Gasteiger partial charge in [0.25, 0.3) is 0 Å². The largest absolute Gasteiger partial charge is 0.394 e. The summed E-state index contributed by atoms with van der Waals surface area (Å²) in [6.45, 7) is 18.7. The van der Waals surface area contributed by atoms with E-state index in [-0.39, 0.29) is 17.4 Å². The average molecular weight is 473 g/mol. The molecule has 0 spiro atoms. The van der Waals surface area contributed by atoms with Crippen LogP contribution in [0.25, 0.3) is 5.57 Å². The van der Waals surface area contributed by atoms with E-state index in [0.717, 1.165) is 37.5 Å². The van der Waals surface area contributed by atoms with Gasteiger partial charge in [-0.3, -0.25) is 0 Å². The van der Waals surface area contributed by atoms with Crippen LogP contribution in [0.1, 0.15) is 83.4 Å². The molecule has 0 saturated carbocycles. The lowest BCUT2D eigenvalue weighted by atomic mass is 9.63. The first-order valence-electron chi connectivity index (χ1n) is 12.5. The molecule has 3 N–H and O–H groups in total. The van der Waals surface area contributed by atoms with Gasteiger partial charge in [0, 0.05) is 19.1 Å². The number of aliphatic hydroxyl groups is 2. The summed E-state index contributed by atoms with van der Waals surface area (Å²) in [7, 11) is 0. The Hall–Kier alpha value is -1.27. The van der Waals surface area contributed by atoms with E-state index in [1.807, 2.05) is 0 Å². The minimum atomic E-state index is -0.614. The number of hydrogen-bond acceptors (Lipinski definition) is 5. The zero-order chi connectivity index (χ0) is 24.2. The summed E-state index contributed by atoms with van der Waals surface area (Å²) in [5, 5.41) is 25.3. The lowest BCUT2D eigenvalue weighted by Crippen LogP contribution is -2.42. The first-order chi connectivity index (χ1) is 15.5. The van der Waals surface area contributed by atoms with Crippen molar-refractivity contribution in [3.63, 3.8) is 0 Å². The standard InChI is InChI=1S/C28H44N2O2S/c1-20(22-7-8-25-26(17-22)28(5,6)13-12-27(25,3)4)19-33-21(2)30-15-10-23(11-16-30)29-14-9-24(32)18-31/h7-8,17,19,23-24,29,31-32H,2,9-16,18H2,1,3-6H3/b20-19+. The maximum Gasteiger partial charge on any atom is 0.0783 e. The van der Waals surface area contributed by atoms with E-state index in [9.17, 15) is 5.11 Å². The summed E-state index contributed by atoms with van der Waals surface area (Å²) in [5.74, 6) is 0. The summed E-state index contributed by atoms with van der Waals surface area (Å²) in [6.07, 6.45) is 4.61. The number of allylic oxidation sites excluding steroid dienone is 1. The smallest absolute Gasteiger partial charge is 0.0783 e. The van der Waals surface area contributed by atoms with Crippen LogP contribution in [0.2, 0.25) is 0 Å². The first kappa shape index (κ1) is 26.3. The molecule has 5 heteroatoms. The van der Waals surface area contributed by atoms with Gasteiger partial charge in [-0.2, -0.15) is 0 Å². The van der Waals surface area contributed by atoms with Crippen LogP contribution >= 0.6 is 11.8 Å². The number of fused-ring (bicyclic) bond motifs is 1. The van der Waals surface area contributed by atoms with E-state index in [4.69, 9.17) is 5.11 Å². The van der Waals surface area contributed by atoms with Gasteiger partial charge < -0.3 is 20.4 Å². The van der Waals surface area contributed by atoms with Crippen molar-refractivity contribution in [1.29, 1.82) is 0 Å². The van der Waals surface area contributed by atoms with Crippen molar-refractivity contribution in [2.75, 3.05) is 26.2 Å². The van der Waals surface area contributed by atoms with Crippen LogP contribution in [0.15, 0.2) is 35.2 Å². The predicted molar refractivity (Wildman–Crippen MR) is 142 cm³/mol. The van der Waals surface area contributed by atoms with E-state index in [2.05, 4.69) is 75.0 Å². The van der Waals surface area contributed by atoms with E-state index in [0.29, 0.717) is 12.5 Å². The van der Waals surface area contributed by atoms with Crippen LogP contribution in [-0.4, -0.2) is 53.5 Å². The molecule has 3 rings (SSSR count). The molecule has 1 aromatic carbocycles. The third-order valence-electron chi connectivity index (χ3n) is 7.65. The molecule has 1 saturated heterocycles. The molecule has 0 radical (unpaired) electrons. The molecule has 0 aromatic heterocycles. The molecule has 1 atom stereocenters. The zero-order valence-electron chi connectivity index (χ0n) is 21.3. The number of thioether (sulfide) groups is 1. The summed E-state index contributed by atoms with van der Waals surface area (Å²) < 4.78 is 0. The second-order valence-electron chi connectivity index (χ2n) is 11.2. The molecular formula is C28H44N2O2S. The number of nitrogens with zero attached hydrogens (tertiary/aromatic N) is 1. The lowest BCUT2D eigenvalue weighted by molar-refractivity contribution is 0.0869. The Balaban J connectivity index is 1.55. The quantitative estimate of drug-likeness (QED) is 0.449. The Morgan fingerprint density at radius 2 is 1.82 bits per heavy atom. The third kappa shape index (κ3) is 6.66. The van der Waals surface area contributed by atoms with Gasteiger partial charge in [0.2, 0.25) is 0 Å². The number of benzene rings is 1. The second kappa shape index (κ2) is 11.0. The normalized spacial score (nSPS) is 21.5. The summed E-state index contributed by atoms with van der Waals surface area (Å²) >= 11 is 1.74. The van der Waals surface area contributed by atoms with Crippen LogP contribution < -0.4 is 5.32 Å². The van der Waals surface area contributed by atoms with E-state index in [1.165, 1.54) is 35.1 Å². The van der Waals surface area contributed by atoms with Crippen molar-refractivity contribution in [1.82, 2.24) is 10.2 Å². The average Bonchev–Trinajstić information content (AvgIpc) is 2.80. The molecule has 1 aromatic rings. The summed E-state index contributed by atoms with van der Waals surface area (Å²) in [6, 6.07) is 7.56. The Labute approximate surface area is 205 Å². The van der Waals surface area contributed by atoms with Gasteiger partial charge in [-0.15, -0.1) is 0 Å². The minimum Gasteiger partial charge on any atom is -0.394 e. The fourth-order valence-electron chi connectivity index (χ4n) is 5.01. The van der Waals surface area contributed by atoms with Crippen LogP contribution in [0, 0.1) is 0 Å². The van der Waals surface area contributed by atoms with Crippen molar-refractivity contribution in [2.24, 2.45) is 0 Å². The van der Waals surface area contributed by atoms with E-state index in [1.54, 1.807) is 11.8 Å². The molecule has 33 heavy (non-hydrogen) atoms. The van der Waals surface area contributed by atoms with Gasteiger partial charge in [0.15, 0.2) is 0 Å². The number of aliphatic hydroxyl groups excluding tert-OH is 2. The zero-order valence-corrected chi connectivity index (χ0v) is 22.1. The first-order valence-corrected chi connectivity index (χ1v) is 13.4. The van der Waals surface area contributed by atoms with Crippen LogP contribution in [-0.2, 0) is 10.8 Å². The highest BCUT2D eigenvalue weighted by Gasteiger charge is 2.36. The SMILES string of the molecule is C=C(S/C=C(\C)c1ccc2c(c1)C(C)(C)CCC2(C)C)N1CCC(NCCC(O)CO)CC1. The number of piperidine rings is 1. The molecule has 2 aliphatic rings. The maximum atomic E-state index is 9.48. The van der Waals surface area contributed by atoms with Crippen molar-refractivity contribution >= 4 is 17.3 Å². The predicted octanol–water partition coefficient (Wildman–Crippen LogP) is 5.40. The van der Waals surface area contributed by atoms with Crippen LogP contribution in [0.5, 0.6) is 0 Å². The van der Waals surface area contributed by atoms with Crippen LogP contribution in [0.3, 0.4) is 0 Å². The van der Waals surface area contributed by atoms with E-state index >= 15 is 0 Å². The number of rotatable bonds is 9. The molecule has 0 bridgehead atoms. The van der Waals surface area contributed by atoms with Crippen molar-refractivity contribution < 1.29 is 10.2 Å². The Bertz CT molecular complexity index is 853. The molecule has 1 unspecified atom stereocenters. The Kier molecular flexibility index (Phi) is 8.77. The fraction of sp³-hybridized carbons (Fsp3) is 0.643. The van der Waals surface area contributed by atoms with Gasteiger partial charge in [0.1, 0.15) is 0 Å². The number of likely N-dealkylation sites (tertiary alicyclic amines) is 1. The molecule has 0 amide bonds. The summed E-state index contributed by atoms with van der Waals surface area (Å²) in [4.78, 5) is 2.38. The maximum absolute atomic E-state index is 9.48. The molecule has 1 fully saturated rings. The molecule has 184 valence electrons. The Morgan fingerprint density at radius 1 is 1.18 bits per heavy atom. The molecular weight excluding hydrogens is 428 g/mol. The van der Waals surface area contributed by atoms with Crippen molar-refractivity contribution in [2.45, 2.75) is 89.7 Å². The van der Waals surface area contributed by atoms with Gasteiger partial charge in [-0.1, -0.05) is 64.2 Å². The minimum absolute atomic E-state index is 0.161. The highest BCUT2D eigenvalue weighted by molar-refractivity contribution is 8.05. The molecule has 1 aliphatic carbocycles. The Morgan fingerprint density at radius 3 is 2.45 bits per heavy atom. The van der Waals surface area contributed by atoms with Crippen molar-refractivity contribution in [3.05, 3.63) is 51.9 Å². The molecule has 4 nitrogen and oxygen atoms in total. The summed E-state index contributed by atoms with van der Waals surface area (Å²) in [5.41, 5.74) is 6.11.